The van der Waals surface area contributed by atoms with Crippen molar-refractivity contribution >= 4 is 5.91 Å². The molecule has 1 aromatic rings. The molecule has 4 heteroatoms. The number of hydrogen-bond donors (Lipinski definition) is 1. The SMILES string of the molecule is Cc1cc(C(=O)NC2(C)CCN(C(C)C)CC2)cc(C)n1. The molecule has 0 aromatic carbocycles. The molecule has 1 aliphatic heterocycles. The molecule has 0 unspecified atom stereocenters. The van der Waals surface area contributed by atoms with E-state index >= 15 is 0 Å². The smallest absolute Gasteiger partial charge is 0.251 e. The summed E-state index contributed by atoms with van der Waals surface area (Å²) in [6.07, 6.45) is 2.00. The summed E-state index contributed by atoms with van der Waals surface area (Å²) in [6, 6.07) is 4.29. The number of rotatable bonds is 3. The Bertz CT molecular complexity index is 497. The second-order valence-electron chi connectivity index (χ2n) is 6.78. The summed E-state index contributed by atoms with van der Waals surface area (Å²) in [7, 11) is 0. The lowest BCUT2D eigenvalue weighted by atomic mass is 9.88. The van der Waals surface area contributed by atoms with E-state index in [-0.39, 0.29) is 11.4 Å². The molecule has 0 aliphatic carbocycles. The highest BCUT2D eigenvalue weighted by atomic mass is 16.1. The molecule has 1 aromatic heterocycles. The summed E-state index contributed by atoms with van der Waals surface area (Å²) >= 11 is 0. The van der Waals surface area contributed by atoms with E-state index in [0.29, 0.717) is 11.6 Å². The number of hydrogen-bond acceptors (Lipinski definition) is 3. The summed E-state index contributed by atoms with van der Waals surface area (Å²) in [6.45, 7) is 12.5. The molecule has 2 rings (SSSR count). The number of pyridine rings is 1. The molecule has 0 atom stereocenters. The highest BCUT2D eigenvalue weighted by Gasteiger charge is 2.32. The van der Waals surface area contributed by atoms with Gasteiger partial charge in [-0.05, 0) is 59.6 Å². The van der Waals surface area contributed by atoms with Crippen molar-refractivity contribution in [3.05, 3.63) is 29.1 Å². The van der Waals surface area contributed by atoms with Gasteiger partial charge in [0.2, 0.25) is 0 Å². The Labute approximate surface area is 127 Å². The van der Waals surface area contributed by atoms with E-state index in [1.165, 1.54) is 0 Å². The van der Waals surface area contributed by atoms with Gasteiger partial charge in [-0.2, -0.15) is 0 Å². The third-order valence-corrected chi connectivity index (χ3v) is 4.39. The third-order valence-electron chi connectivity index (χ3n) is 4.39. The molecule has 0 radical (unpaired) electrons. The van der Waals surface area contributed by atoms with E-state index in [2.05, 4.69) is 36.0 Å². The fraction of sp³-hybridized carbons (Fsp3) is 0.647. The van der Waals surface area contributed by atoms with Crippen LogP contribution in [0.2, 0.25) is 0 Å². The van der Waals surface area contributed by atoms with E-state index in [1.807, 2.05) is 26.0 Å². The van der Waals surface area contributed by atoms with Gasteiger partial charge in [0.15, 0.2) is 0 Å². The maximum Gasteiger partial charge on any atom is 0.251 e. The van der Waals surface area contributed by atoms with Crippen LogP contribution in [0.3, 0.4) is 0 Å². The van der Waals surface area contributed by atoms with Gasteiger partial charge in [0, 0.05) is 41.6 Å². The Hall–Kier alpha value is -1.42. The number of amides is 1. The maximum atomic E-state index is 12.5. The minimum Gasteiger partial charge on any atom is -0.347 e. The predicted octanol–water partition coefficient (Wildman–Crippen LogP) is 2.69. The topological polar surface area (TPSA) is 45.2 Å². The fourth-order valence-electron chi connectivity index (χ4n) is 2.97. The number of nitrogens with zero attached hydrogens (tertiary/aromatic N) is 2. The molecule has 4 nitrogen and oxygen atoms in total. The first-order valence-corrected chi connectivity index (χ1v) is 7.81. The molecule has 1 N–H and O–H groups in total. The molecule has 21 heavy (non-hydrogen) atoms. The molecule has 1 aliphatic rings. The van der Waals surface area contributed by atoms with Crippen LogP contribution in [0.5, 0.6) is 0 Å². The normalized spacial score (nSPS) is 18.8. The van der Waals surface area contributed by atoms with Crippen LogP contribution in [0.15, 0.2) is 12.1 Å². The first-order chi connectivity index (χ1) is 9.79. The summed E-state index contributed by atoms with van der Waals surface area (Å²) in [5.41, 5.74) is 2.39. The number of aryl methyl sites for hydroxylation is 2. The monoisotopic (exact) mass is 289 g/mol. The molecular formula is C17H27N3O. The summed E-state index contributed by atoms with van der Waals surface area (Å²) in [5.74, 6) is 0.0177. The van der Waals surface area contributed by atoms with Crippen molar-refractivity contribution in [2.75, 3.05) is 13.1 Å². The van der Waals surface area contributed by atoms with Crippen molar-refractivity contribution in [2.45, 2.75) is 59.0 Å². The lowest BCUT2D eigenvalue weighted by molar-refractivity contribution is 0.0801. The largest absolute Gasteiger partial charge is 0.347 e. The lowest BCUT2D eigenvalue weighted by Gasteiger charge is -2.41. The second kappa shape index (κ2) is 6.14. The van der Waals surface area contributed by atoms with Crippen LogP contribution in [0.4, 0.5) is 0 Å². The van der Waals surface area contributed by atoms with Crippen molar-refractivity contribution in [2.24, 2.45) is 0 Å². The van der Waals surface area contributed by atoms with Crippen LogP contribution in [0, 0.1) is 13.8 Å². The van der Waals surface area contributed by atoms with Crippen LogP contribution >= 0.6 is 0 Å². The summed E-state index contributed by atoms with van der Waals surface area (Å²) in [4.78, 5) is 19.3. The zero-order valence-corrected chi connectivity index (χ0v) is 13.9. The van der Waals surface area contributed by atoms with Gasteiger partial charge in [-0.3, -0.25) is 9.78 Å². The highest BCUT2D eigenvalue weighted by Crippen LogP contribution is 2.23. The lowest BCUT2D eigenvalue weighted by Crippen LogP contribution is -2.54. The van der Waals surface area contributed by atoms with Crippen LogP contribution in [-0.4, -0.2) is 40.5 Å². The van der Waals surface area contributed by atoms with Crippen LogP contribution in [0.1, 0.15) is 55.4 Å². The van der Waals surface area contributed by atoms with Crippen molar-refractivity contribution in [3.63, 3.8) is 0 Å². The second-order valence-corrected chi connectivity index (χ2v) is 6.78. The Morgan fingerprint density at radius 2 is 1.76 bits per heavy atom. The first kappa shape index (κ1) is 16.0. The quantitative estimate of drug-likeness (QED) is 0.930. The molecule has 1 fully saturated rings. The number of piperidine rings is 1. The Balaban J connectivity index is 2.02. The van der Waals surface area contributed by atoms with Gasteiger partial charge in [-0.1, -0.05) is 0 Å². The summed E-state index contributed by atoms with van der Waals surface area (Å²) < 4.78 is 0. The highest BCUT2D eigenvalue weighted by molar-refractivity contribution is 5.94. The van der Waals surface area contributed by atoms with Crippen molar-refractivity contribution in [1.29, 1.82) is 0 Å². The molecule has 116 valence electrons. The van der Waals surface area contributed by atoms with Crippen molar-refractivity contribution in [3.8, 4) is 0 Å². The zero-order valence-electron chi connectivity index (χ0n) is 13.9. The molecule has 2 heterocycles. The van der Waals surface area contributed by atoms with E-state index in [1.54, 1.807) is 0 Å². The Morgan fingerprint density at radius 1 is 1.24 bits per heavy atom. The van der Waals surface area contributed by atoms with Gasteiger partial charge in [0.25, 0.3) is 5.91 Å². The third kappa shape index (κ3) is 4.03. The number of likely N-dealkylation sites (tertiary alicyclic amines) is 1. The van der Waals surface area contributed by atoms with E-state index in [9.17, 15) is 4.79 Å². The molecule has 0 spiro atoms. The number of nitrogens with one attached hydrogen (secondary N) is 1. The van der Waals surface area contributed by atoms with E-state index in [4.69, 9.17) is 0 Å². The molecular weight excluding hydrogens is 262 g/mol. The average Bonchev–Trinajstić information content (AvgIpc) is 2.37. The molecule has 1 amide bonds. The molecule has 0 saturated carbocycles. The summed E-state index contributed by atoms with van der Waals surface area (Å²) in [5, 5.41) is 3.23. The van der Waals surface area contributed by atoms with Gasteiger partial charge in [0.05, 0.1) is 0 Å². The number of carbonyl (C=O) groups is 1. The van der Waals surface area contributed by atoms with Gasteiger partial charge < -0.3 is 10.2 Å². The minimum absolute atomic E-state index is 0.0177. The molecule has 1 saturated heterocycles. The van der Waals surface area contributed by atoms with Crippen molar-refractivity contribution in [1.82, 2.24) is 15.2 Å². The average molecular weight is 289 g/mol. The minimum atomic E-state index is -0.104. The molecule has 0 bridgehead atoms. The van der Waals surface area contributed by atoms with Gasteiger partial charge in [-0.25, -0.2) is 0 Å². The standard InChI is InChI=1S/C17H27N3O/c1-12(2)20-8-6-17(5,7-9-20)19-16(21)15-10-13(3)18-14(4)11-15/h10-12H,6-9H2,1-5H3,(H,19,21). The number of aromatic nitrogens is 1. The van der Waals surface area contributed by atoms with E-state index < -0.39 is 0 Å². The number of carbonyl (C=O) groups excluding carboxylic acids is 1. The van der Waals surface area contributed by atoms with Crippen LogP contribution in [0.25, 0.3) is 0 Å². The Kier molecular flexibility index (Phi) is 4.67. The van der Waals surface area contributed by atoms with Crippen LogP contribution < -0.4 is 5.32 Å². The predicted molar refractivity (Wildman–Crippen MR) is 85.5 cm³/mol. The van der Waals surface area contributed by atoms with Crippen molar-refractivity contribution < 1.29 is 4.79 Å². The van der Waals surface area contributed by atoms with Gasteiger partial charge in [0.1, 0.15) is 0 Å². The fourth-order valence-corrected chi connectivity index (χ4v) is 2.97. The van der Waals surface area contributed by atoms with E-state index in [0.717, 1.165) is 37.3 Å². The van der Waals surface area contributed by atoms with Gasteiger partial charge in [-0.15, -0.1) is 0 Å². The maximum absolute atomic E-state index is 12.5. The zero-order chi connectivity index (χ0) is 15.6. The van der Waals surface area contributed by atoms with Gasteiger partial charge >= 0.3 is 0 Å². The first-order valence-electron chi connectivity index (χ1n) is 7.81. The van der Waals surface area contributed by atoms with Crippen LogP contribution in [-0.2, 0) is 0 Å². The Morgan fingerprint density at radius 3 is 2.24 bits per heavy atom.